The average Bonchev–Trinajstić information content (AvgIpc) is 3.08. The molecule has 3 N–H and O–H groups in total. The van der Waals surface area contributed by atoms with Gasteiger partial charge in [0.05, 0.1) is 11.3 Å². The van der Waals surface area contributed by atoms with E-state index < -0.39 is 10.0 Å². The first-order valence-electron chi connectivity index (χ1n) is 7.23. The summed E-state index contributed by atoms with van der Waals surface area (Å²) in [4.78, 5) is 0. The predicted molar refractivity (Wildman–Crippen MR) is 71.3 cm³/mol. The Morgan fingerprint density at radius 3 is 2.74 bits per heavy atom. The van der Waals surface area contributed by atoms with E-state index in [-0.39, 0.29) is 28.7 Å². The summed E-state index contributed by atoms with van der Waals surface area (Å²) in [7, 11) is -3.25. The van der Waals surface area contributed by atoms with Crippen molar-refractivity contribution >= 4 is 10.0 Å². The molecule has 4 saturated heterocycles. The first-order valence-corrected chi connectivity index (χ1v) is 8.74. The van der Waals surface area contributed by atoms with E-state index in [1.165, 1.54) is 0 Å². The van der Waals surface area contributed by atoms with Crippen molar-refractivity contribution in [2.75, 3.05) is 32.7 Å². The molecule has 0 aliphatic carbocycles. The maximum Gasteiger partial charge on any atom is 0.232 e. The highest BCUT2D eigenvalue weighted by Gasteiger charge is 2.58. The maximum absolute atomic E-state index is 12.2. The molecule has 4 rings (SSSR count). The molecule has 0 amide bonds. The van der Waals surface area contributed by atoms with Gasteiger partial charge in [0.1, 0.15) is 0 Å². The van der Waals surface area contributed by atoms with Gasteiger partial charge in [-0.2, -0.15) is 0 Å². The van der Waals surface area contributed by atoms with Crippen molar-refractivity contribution in [1.82, 2.24) is 20.7 Å². The van der Waals surface area contributed by atoms with Gasteiger partial charge in [0.15, 0.2) is 0 Å². The van der Waals surface area contributed by atoms with Crippen LogP contribution in [0.1, 0.15) is 12.8 Å². The van der Waals surface area contributed by atoms with Crippen LogP contribution in [0.5, 0.6) is 0 Å². The lowest BCUT2D eigenvalue weighted by Gasteiger charge is -2.35. The minimum atomic E-state index is -3.25. The van der Waals surface area contributed by atoms with Gasteiger partial charge in [-0.15, -0.1) is 4.72 Å². The van der Waals surface area contributed by atoms with Crippen LogP contribution in [0.4, 0.5) is 0 Å². The zero-order chi connectivity index (χ0) is 13.1. The summed E-state index contributed by atoms with van der Waals surface area (Å²) >= 11 is 0. The van der Waals surface area contributed by atoms with Crippen molar-refractivity contribution in [2.24, 2.45) is 11.3 Å². The van der Waals surface area contributed by atoms with Gasteiger partial charge in [-0.25, -0.2) is 8.42 Å². The summed E-state index contributed by atoms with van der Waals surface area (Å²) < 4.78 is 28.6. The van der Waals surface area contributed by atoms with Crippen LogP contribution in [0.3, 0.4) is 0 Å². The van der Waals surface area contributed by atoms with Gasteiger partial charge in [-0.1, -0.05) is 0 Å². The molecule has 1 spiro atoms. The molecule has 5 atom stereocenters. The second-order valence-corrected chi connectivity index (χ2v) is 8.29. The lowest BCUT2D eigenvalue weighted by atomic mass is 9.74. The van der Waals surface area contributed by atoms with E-state index in [0.717, 1.165) is 39.0 Å². The van der Waals surface area contributed by atoms with E-state index >= 15 is 0 Å². The summed E-state index contributed by atoms with van der Waals surface area (Å²) in [6.45, 7) is 4.40. The van der Waals surface area contributed by atoms with Crippen LogP contribution in [-0.4, -0.2) is 58.5 Å². The standard InChI is InChI=1S/C12H21N4O2S/c17-19(18)9-6-14-5-8(9)10(16-19)11-12(2-4-15-11)1-3-13-7-12/h8-11,13-15H,1-7H2. The molecular formula is C12H21N4O2S. The SMILES string of the molecule is O=S1(=O)[N]C(C2NCCC23CCNC3)C2CNCC21. The molecular weight excluding hydrogens is 264 g/mol. The molecule has 107 valence electrons. The molecule has 1 radical (unpaired) electrons. The molecule has 5 unspecified atom stereocenters. The lowest BCUT2D eigenvalue weighted by molar-refractivity contribution is 0.212. The number of sulfonamides is 1. The molecule has 6 nitrogen and oxygen atoms in total. The third-order valence-corrected chi connectivity index (χ3v) is 7.38. The molecule has 0 bridgehead atoms. The Hall–Kier alpha value is -0.210. The Kier molecular flexibility index (Phi) is 2.73. The van der Waals surface area contributed by atoms with Crippen LogP contribution in [0, 0.1) is 11.3 Å². The second-order valence-electron chi connectivity index (χ2n) is 6.44. The quantitative estimate of drug-likeness (QED) is 0.531. The van der Waals surface area contributed by atoms with Crippen LogP contribution in [0.25, 0.3) is 0 Å². The minimum Gasteiger partial charge on any atom is -0.316 e. The zero-order valence-corrected chi connectivity index (χ0v) is 11.7. The Labute approximate surface area is 114 Å². The molecule has 0 aromatic heterocycles. The molecule has 4 fully saturated rings. The lowest BCUT2D eigenvalue weighted by Crippen LogP contribution is -2.52. The largest absolute Gasteiger partial charge is 0.316 e. The number of hydrogen-bond donors (Lipinski definition) is 3. The van der Waals surface area contributed by atoms with E-state index in [9.17, 15) is 8.42 Å². The summed E-state index contributed by atoms with van der Waals surface area (Å²) in [5, 5.41) is 9.94. The van der Waals surface area contributed by atoms with Crippen LogP contribution < -0.4 is 20.7 Å². The summed E-state index contributed by atoms with van der Waals surface area (Å²) in [5.74, 6) is 0.165. The fourth-order valence-corrected chi connectivity index (χ4v) is 6.35. The van der Waals surface area contributed by atoms with Crippen LogP contribution in [0.15, 0.2) is 0 Å². The van der Waals surface area contributed by atoms with E-state index in [2.05, 4.69) is 20.7 Å². The normalized spacial score (nSPS) is 52.0. The number of nitrogens with one attached hydrogen (secondary N) is 3. The van der Waals surface area contributed by atoms with Crippen LogP contribution >= 0.6 is 0 Å². The first kappa shape index (κ1) is 12.5. The van der Waals surface area contributed by atoms with Crippen LogP contribution in [0.2, 0.25) is 0 Å². The molecule has 0 aromatic carbocycles. The molecule has 7 heteroatoms. The van der Waals surface area contributed by atoms with Gasteiger partial charge < -0.3 is 16.0 Å². The minimum absolute atomic E-state index is 0.0626. The van der Waals surface area contributed by atoms with Crippen molar-refractivity contribution in [3.05, 3.63) is 0 Å². The van der Waals surface area contributed by atoms with E-state index in [4.69, 9.17) is 0 Å². The van der Waals surface area contributed by atoms with Crippen LogP contribution in [-0.2, 0) is 10.0 Å². The highest BCUT2D eigenvalue weighted by molar-refractivity contribution is 7.90. The molecule has 4 aliphatic rings. The average molecular weight is 285 g/mol. The van der Waals surface area contributed by atoms with E-state index in [1.54, 1.807) is 0 Å². The molecule has 4 heterocycles. The van der Waals surface area contributed by atoms with Crippen molar-refractivity contribution in [3.8, 4) is 0 Å². The monoisotopic (exact) mass is 285 g/mol. The molecule has 0 saturated carbocycles. The van der Waals surface area contributed by atoms with Gasteiger partial charge in [0, 0.05) is 37.0 Å². The Morgan fingerprint density at radius 1 is 1.11 bits per heavy atom. The molecule has 19 heavy (non-hydrogen) atoms. The van der Waals surface area contributed by atoms with Crippen molar-refractivity contribution in [1.29, 1.82) is 0 Å². The fraction of sp³-hybridized carbons (Fsp3) is 1.00. The molecule has 0 aromatic rings. The topological polar surface area (TPSA) is 84.3 Å². The number of rotatable bonds is 1. The Balaban J connectivity index is 1.65. The summed E-state index contributed by atoms with van der Waals surface area (Å²) in [6, 6.07) is 0.166. The predicted octanol–water partition coefficient (Wildman–Crippen LogP) is -1.77. The van der Waals surface area contributed by atoms with Crippen molar-refractivity contribution < 1.29 is 8.42 Å². The second kappa shape index (κ2) is 4.14. The Bertz CT molecular complexity index is 469. The number of nitrogens with zero attached hydrogens (tertiary/aromatic N) is 1. The van der Waals surface area contributed by atoms with Gasteiger partial charge in [0.2, 0.25) is 10.0 Å². The van der Waals surface area contributed by atoms with Gasteiger partial charge >= 0.3 is 0 Å². The summed E-state index contributed by atoms with van der Waals surface area (Å²) in [5.41, 5.74) is 0.223. The highest BCUT2D eigenvalue weighted by Crippen LogP contribution is 2.43. The third kappa shape index (κ3) is 1.72. The molecule has 4 aliphatic heterocycles. The fourth-order valence-electron chi connectivity index (χ4n) is 4.55. The van der Waals surface area contributed by atoms with E-state index in [1.807, 2.05) is 0 Å². The van der Waals surface area contributed by atoms with E-state index in [0.29, 0.717) is 6.54 Å². The van der Waals surface area contributed by atoms with Gasteiger partial charge in [0.25, 0.3) is 0 Å². The summed E-state index contributed by atoms with van der Waals surface area (Å²) in [6.07, 6.45) is 2.28. The highest BCUT2D eigenvalue weighted by atomic mass is 32.2. The van der Waals surface area contributed by atoms with Crippen molar-refractivity contribution in [2.45, 2.75) is 30.2 Å². The van der Waals surface area contributed by atoms with Gasteiger partial charge in [-0.05, 0) is 25.9 Å². The Morgan fingerprint density at radius 2 is 1.95 bits per heavy atom. The third-order valence-electron chi connectivity index (χ3n) is 5.56. The number of fused-ring (bicyclic) bond motifs is 1. The smallest absolute Gasteiger partial charge is 0.232 e. The first-order chi connectivity index (χ1) is 9.12. The maximum atomic E-state index is 12.2. The number of hydrogen-bond acceptors (Lipinski definition) is 5. The zero-order valence-electron chi connectivity index (χ0n) is 10.9. The van der Waals surface area contributed by atoms with Gasteiger partial charge in [-0.3, -0.25) is 0 Å². The van der Waals surface area contributed by atoms with Crippen molar-refractivity contribution in [3.63, 3.8) is 0 Å².